The number of nitriles is 1. The van der Waals surface area contributed by atoms with Gasteiger partial charge in [-0.1, -0.05) is 11.6 Å². The van der Waals surface area contributed by atoms with Gasteiger partial charge in [0.1, 0.15) is 11.8 Å². The number of hydrogen-bond donors (Lipinski definition) is 0. The van der Waals surface area contributed by atoms with Crippen LogP contribution >= 0.6 is 11.6 Å². The minimum Gasteiger partial charge on any atom is -0.495 e. The largest absolute Gasteiger partial charge is 0.495 e. The van der Waals surface area contributed by atoms with Crippen molar-refractivity contribution in [2.75, 3.05) is 18.6 Å². The highest BCUT2D eigenvalue weighted by Crippen LogP contribution is 2.38. The molecule has 0 amide bonds. The Morgan fingerprint density at radius 2 is 2.33 bits per heavy atom. The Labute approximate surface area is 93.8 Å². The average Bonchev–Trinajstić information content (AvgIpc) is 3.00. The average molecular weight is 223 g/mol. The summed E-state index contributed by atoms with van der Waals surface area (Å²) in [7, 11) is 1.61. The van der Waals surface area contributed by atoms with Crippen LogP contribution in [-0.2, 0) is 0 Å². The van der Waals surface area contributed by atoms with Crippen molar-refractivity contribution in [2.45, 2.75) is 13.0 Å². The van der Waals surface area contributed by atoms with Crippen molar-refractivity contribution in [2.24, 2.45) is 0 Å². The topological polar surface area (TPSA) is 36.0 Å². The molecule has 3 nitrogen and oxygen atoms in total. The van der Waals surface area contributed by atoms with Crippen molar-refractivity contribution in [1.82, 2.24) is 0 Å². The Bertz CT molecular complexity index is 439. The van der Waals surface area contributed by atoms with E-state index in [-0.39, 0.29) is 6.04 Å². The summed E-state index contributed by atoms with van der Waals surface area (Å²) in [5.74, 6) is 0.725. The molecule has 1 aromatic carbocycles. The summed E-state index contributed by atoms with van der Waals surface area (Å²) < 4.78 is 5.24. The molecule has 1 aromatic rings. The van der Waals surface area contributed by atoms with Crippen molar-refractivity contribution in [3.8, 4) is 11.8 Å². The van der Waals surface area contributed by atoms with Gasteiger partial charge >= 0.3 is 0 Å². The van der Waals surface area contributed by atoms with Gasteiger partial charge in [0.2, 0.25) is 0 Å². The lowest BCUT2D eigenvalue weighted by atomic mass is 10.2. The Kier molecular flexibility index (Phi) is 2.45. The molecule has 1 atom stereocenters. The van der Waals surface area contributed by atoms with Gasteiger partial charge in [-0.2, -0.15) is 5.26 Å². The van der Waals surface area contributed by atoms with Crippen LogP contribution in [0.25, 0.3) is 0 Å². The second-order valence-corrected chi connectivity index (χ2v) is 3.98. The zero-order valence-electron chi connectivity index (χ0n) is 8.62. The van der Waals surface area contributed by atoms with E-state index in [1.54, 1.807) is 13.2 Å². The van der Waals surface area contributed by atoms with Gasteiger partial charge in [0.15, 0.2) is 0 Å². The monoisotopic (exact) mass is 222 g/mol. The van der Waals surface area contributed by atoms with Crippen LogP contribution in [0.2, 0.25) is 5.02 Å². The number of anilines is 1. The molecule has 1 saturated heterocycles. The Morgan fingerprint density at radius 3 is 2.87 bits per heavy atom. The summed E-state index contributed by atoms with van der Waals surface area (Å²) in [6.45, 7) is 2.71. The van der Waals surface area contributed by atoms with Gasteiger partial charge < -0.3 is 9.64 Å². The van der Waals surface area contributed by atoms with E-state index in [4.69, 9.17) is 21.6 Å². The molecule has 0 bridgehead atoms. The Hall–Kier alpha value is -1.40. The molecule has 78 valence electrons. The number of benzene rings is 1. The molecule has 4 heteroatoms. The lowest BCUT2D eigenvalue weighted by Crippen LogP contribution is -2.00. The molecule has 0 aliphatic carbocycles. The van der Waals surface area contributed by atoms with Crippen molar-refractivity contribution >= 4 is 17.3 Å². The third-order valence-electron chi connectivity index (χ3n) is 2.53. The fourth-order valence-electron chi connectivity index (χ4n) is 1.55. The van der Waals surface area contributed by atoms with Gasteiger partial charge in [-0.25, -0.2) is 0 Å². The zero-order chi connectivity index (χ0) is 11.0. The second-order valence-electron chi connectivity index (χ2n) is 3.57. The van der Waals surface area contributed by atoms with Gasteiger partial charge in [0.25, 0.3) is 0 Å². The van der Waals surface area contributed by atoms with Gasteiger partial charge in [0.05, 0.1) is 25.4 Å². The molecule has 1 aliphatic heterocycles. The summed E-state index contributed by atoms with van der Waals surface area (Å²) in [6.07, 6.45) is 0. The van der Waals surface area contributed by atoms with Crippen molar-refractivity contribution in [3.05, 3.63) is 22.7 Å². The smallest absolute Gasteiger partial charge is 0.143 e. The number of hydrogen-bond acceptors (Lipinski definition) is 3. The molecule has 15 heavy (non-hydrogen) atoms. The van der Waals surface area contributed by atoms with Crippen LogP contribution in [0.15, 0.2) is 12.1 Å². The Morgan fingerprint density at radius 1 is 1.60 bits per heavy atom. The summed E-state index contributed by atoms with van der Waals surface area (Å²) in [4.78, 5) is 1.99. The Balaban J connectivity index is 2.39. The fourth-order valence-corrected chi connectivity index (χ4v) is 1.71. The predicted octanol–water partition coefficient (Wildman–Crippen LogP) is 2.37. The first-order valence-corrected chi connectivity index (χ1v) is 5.05. The molecule has 1 aliphatic rings. The van der Waals surface area contributed by atoms with E-state index in [9.17, 15) is 0 Å². The first-order valence-electron chi connectivity index (χ1n) is 4.67. The quantitative estimate of drug-likeness (QED) is 0.721. The third-order valence-corrected chi connectivity index (χ3v) is 2.94. The van der Waals surface area contributed by atoms with Gasteiger partial charge in [-0.05, 0) is 18.6 Å². The third kappa shape index (κ3) is 1.73. The summed E-state index contributed by atoms with van der Waals surface area (Å²) in [6, 6.07) is 5.94. The standard InChI is InChI=1S/C11H11ClN2O/c1-7-3-10(14-6-8(14)5-13)11(15-2)4-9(7)12/h3-4,8H,6H2,1-2H3. The first kappa shape index (κ1) is 10.1. The maximum atomic E-state index is 8.77. The lowest BCUT2D eigenvalue weighted by molar-refractivity contribution is 0.416. The van der Waals surface area contributed by atoms with E-state index in [2.05, 4.69) is 6.07 Å². The van der Waals surface area contributed by atoms with Crippen molar-refractivity contribution in [3.63, 3.8) is 0 Å². The molecule has 0 aromatic heterocycles. The molecule has 0 N–H and O–H groups in total. The molecule has 0 saturated carbocycles. The summed E-state index contributed by atoms with van der Waals surface area (Å²) in [5, 5.41) is 9.45. The minimum absolute atomic E-state index is 0.0144. The van der Waals surface area contributed by atoms with Crippen molar-refractivity contribution < 1.29 is 4.74 Å². The number of ether oxygens (including phenoxy) is 1. The SMILES string of the molecule is COc1cc(Cl)c(C)cc1N1CC1C#N. The molecule has 0 radical (unpaired) electrons. The first-order chi connectivity index (χ1) is 7.17. The molecule has 1 fully saturated rings. The molecule has 1 heterocycles. The van der Waals surface area contributed by atoms with Gasteiger partial charge in [-0.3, -0.25) is 0 Å². The van der Waals surface area contributed by atoms with Crippen LogP contribution in [-0.4, -0.2) is 19.7 Å². The summed E-state index contributed by atoms with van der Waals surface area (Å²) >= 11 is 6.00. The normalized spacial score (nSPS) is 18.5. The number of methoxy groups -OCH3 is 1. The summed E-state index contributed by atoms with van der Waals surface area (Å²) in [5.41, 5.74) is 1.95. The van der Waals surface area contributed by atoms with E-state index in [0.29, 0.717) is 5.02 Å². The van der Waals surface area contributed by atoms with Crippen LogP contribution in [0.3, 0.4) is 0 Å². The number of rotatable bonds is 2. The number of aryl methyl sites for hydroxylation is 1. The van der Waals surface area contributed by atoms with Crippen LogP contribution in [0, 0.1) is 18.3 Å². The molecule has 1 unspecified atom stereocenters. The zero-order valence-corrected chi connectivity index (χ0v) is 9.38. The van der Waals surface area contributed by atoms with Crippen molar-refractivity contribution in [1.29, 1.82) is 5.26 Å². The van der Waals surface area contributed by atoms with Crippen LogP contribution in [0.4, 0.5) is 5.69 Å². The highest BCUT2D eigenvalue weighted by atomic mass is 35.5. The van der Waals surface area contributed by atoms with E-state index < -0.39 is 0 Å². The minimum atomic E-state index is -0.0144. The second kappa shape index (κ2) is 3.63. The maximum Gasteiger partial charge on any atom is 0.143 e. The number of nitrogens with zero attached hydrogens (tertiary/aromatic N) is 2. The van der Waals surface area contributed by atoms with E-state index >= 15 is 0 Å². The molecular formula is C11H11ClN2O. The molecule has 2 rings (SSSR count). The maximum absolute atomic E-state index is 8.77. The molecular weight excluding hydrogens is 212 g/mol. The van der Waals surface area contributed by atoms with E-state index in [0.717, 1.165) is 23.5 Å². The van der Waals surface area contributed by atoms with Crippen LogP contribution in [0.5, 0.6) is 5.75 Å². The highest BCUT2D eigenvalue weighted by Gasteiger charge is 2.36. The predicted molar refractivity (Wildman–Crippen MR) is 59.5 cm³/mol. The lowest BCUT2D eigenvalue weighted by Gasteiger charge is -2.11. The van der Waals surface area contributed by atoms with E-state index in [1.165, 1.54) is 0 Å². The van der Waals surface area contributed by atoms with Gasteiger partial charge in [0, 0.05) is 11.1 Å². The van der Waals surface area contributed by atoms with E-state index in [1.807, 2.05) is 17.9 Å². The number of halogens is 1. The molecule has 0 spiro atoms. The van der Waals surface area contributed by atoms with Crippen LogP contribution < -0.4 is 9.64 Å². The fraction of sp³-hybridized carbons (Fsp3) is 0.364. The van der Waals surface area contributed by atoms with Gasteiger partial charge in [-0.15, -0.1) is 0 Å². The highest BCUT2D eigenvalue weighted by molar-refractivity contribution is 6.31. The van der Waals surface area contributed by atoms with Crippen LogP contribution in [0.1, 0.15) is 5.56 Å².